The molecular weight excluding hydrogens is 381 g/mol. The van der Waals surface area contributed by atoms with Gasteiger partial charge in [0.25, 0.3) is 11.8 Å². The van der Waals surface area contributed by atoms with Gasteiger partial charge in [0, 0.05) is 39.3 Å². The molecule has 0 bridgehead atoms. The summed E-state index contributed by atoms with van der Waals surface area (Å²) in [7, 11) is 0. The first-order valence-corrected chi connectivity index (χ1v) is 10.5. The van der Waals surface area contributed by atoms with Gasteiger partial charge in [-0.3, -0.25) is 19.4 Å². The normalized spacial score (nSPS) is 17.9. The van der Waals surface area contributed by atoms with Crippen LogP contribution < -0.4 is 0 Å². The predicted octanol–water partition coefficient (Wildman–Crippen LogP) is 3.13. The van der Waals surface area contributed by atoms with E-state index in [-0.39, 0.29) is 17.6 Å². The molecule has 2 aromatic carbocycles. The molecule has 156 valence electrons. The highest BCUT2D eigenvalue weighted by Gasteiger charge is 2.41. The molecule has 0 unspecified atom stereocenters. The molecule has 2 amide bonds. The largest absolute Gasteiger partial charge is 0.364 e. The van der Waals surface area contributed by atoms with Gasteiger partial charge in [0.2, 0.25) is 0 Å². The number of nitrogens with zero attached hydrogens (tertiary/aromatic N) is 3. The van der Waals surface area contributed by atoms with Gasteiger partial charge in [-0.1, -0.05) is 49.4 Å². The molecule has 0 saturated carbocycles. The van der Waals surface area contributed by atoms with E-state index in [1.807, 2.05) is 30.0 Å². The average Bonchev–Trinajstić information content (AvgIpc) is 3.01. The fourth-order valence-corrected chi connectivity index (χ4v) is 4.13. The Morgan fingerprint density at radius 3 is 2.17 bits per heavy atom. The highest BCUT2D eigenvalue weighted by Crippen LogP contribution is 2.32. The summed E-state index contributed by atoms with van der Waals surface area (Å²) in [5.74, 6) is -0.884. The smallest absolute Gasteiger partial charge is 0.277 e. The van der Waals surface area contributed by atoms with Crippen molar-refractivity contribution in [3.63, 3.8) is 0 Å². The zero-order valence-electron chi connectivity index (χ0n) is 17.2. The summed E-state index contributed by atoms with van der Waals surface area (Å²) in [5.41, 5.74) is 2.71. The van der Waals surface area contributed by atoms with Crippen molar-refractivity contribution >= 4 is 17.4 Å². The van der Waals surface area contributed by atoms with Gasteiger partial charge in [-0.15, -0.1) is 0 Å². The molecule has 0 spiro atoms. The van der Waals surface area contributed by atoms with E-state index in [4.69, 9.17) is 0 Å². The molecule has 2 aliphatic rings. The van der Waals surface area contributed by atoms with Gasteiger partial charge >= 0.3 is 0 Å². The van der Waals surface area contributed by atoms with E-state index >= 15 is 0 Å². The van der Waals surface area contributed by atoms with Crippen LogP contribution in [0.5, 0.6) is 0 Å². The first-order chi connectivity index (χ1) is 14.6. The minimum absolute atomic E-state index is 0.238. The Morgan fingerprint density at radius 1 is 0.867 bits per heavy atom. The molecule has 2 aliphatic heterocycles. The molecule has 30 heavy (non-hydrogen) atoms. The van der Waals surface area contributed by atoms with Crippen LogP contribution in [0.25, 0.3) is 5.57 Å². The van der Waals surface area contributed by atoms with Crippen LogP contribution in [0.1, 0.15) is 24.5 Å². The van der Waals surface area contributed by atoms with Crippen LogP contribution in [0.4, 0.5) is 4.39 Å². The number of halogens is 1. The first-order valence-electron chi connectivity index (χ1n) is 10.5. The number of hydrogen-bond donors (Lipinski definition) is 0. The van der Waals surface area contributed by atoms with E-state index in [0.717, 1.165) is 19.6 Å². The lowest BCUT2D eigenvalue weighted by Crippen LogP contribution is -2.47. The maximum atomic E-state index is 13.4. The molecule has 0 atom stereocenters. The highest BCUT2D eigenvalue weighted by molar-refractivity contribution is 6.35. The second-order valence-electron chi connectivity index (χ2n) is 7.74. The van der Waals surface area contributed by atoms with Crippen molar-refractivity contribution in [1.29, 1.82) is 0 Å². The minimum Gasteiger partial charge on any atom is -0.364 e. The molecule has 0 radical (unpaired) electrons. The Bertz CT molecular complexity index is 948. The maximum absolute atomic E-state index is 13.4. The number of carbonyl (C=O) groups excluding carboxylic acids is 2. The van der Waals surface area contributed by atoms with E-state index in [2.05, 4.69) is 17.0 Å². The van der Waals surface area contributed by atoms with Gasteiger partial charge in [-0.05, 0) is 29.7 Å². The third-order valence-electron chi connectivity index (χ3n) is 5.66. The van der Waals surface area contributed by atoms with E-state index in [1.54, 1.807) is 12.1 Å². The summed E-state index contributed by atoms with van der Waals surface area (Å²) >= 11 is 0. The Hall–Kier alpha value is -2.99. The van der Waals surface area contributed by atoms with Gasteiger partial charge in [0.15, 0.2) is 0 Å². The lowest BCUT2D eigenvalue weighted by Gasteiger charge is -2.36. The van der Waals surface area contributed by atoms with Crippen LogP contribution in [0.2, 0.25) is 0 Å². The lowest BCUT2D eigenvalue weighted by atomic mass is 10.0. The molecule has 0 aliphatic carbocycles. The van der Waals surface area contributed by atoms with Gasteiger partial charge < -0.3 is 4.90 Å². The van der Waals surface area contributed by atoms with Crippen LogP contribution in [0.15, 0.2) is 60.3 Å². The molecule has 2 aromatic rings. The maximum Gasteiger partial charge on any atom is 0.277 e. The summed E-state index contributed by atoms with van der Waals surface area (Å²) in [6, 6.07) is 16.1. The molecule has 6 heteroatoms. The lowest BCUT2D eigenvalue weighted by molar-refractivity contribution is -0.137. The summed E-state index contributed by atoms with van der Waals surface area (Å²) < 4.78 is 13.4. The Kier molecular flexibility index (Phi) is 5.95. The summed E-state index contributed by atoms with van der Waals surface area (Å²) in [5, 5.41) is 0. The zero-order valence-corrected chi connectivity index (χ0v) is 17.2. The van der Waals surface area contributed by atoms with Crippen molar-refractivity contribution in [3.8, 4) is 0 Å². The second-order valence-corrected chi connectivity index (χ2v) is 7.74. The molecule has 4 rings (SSSR count). The van der Waals surface area contributed by atoms with Gasteiger partial charge in [0.05, 0.1) is 5.57 Å². The highest BCUT2D eigenvalue weighted by atomic mass is 19.1. The SMILES string of the molecule is CCCN1C(=O)C(c2ccc(F)cc2)=C(N2CCN(Cc3ccccc3)CC2)C1=O. The molecule has 5 nitrogen and oxygen atoms in total. The third-order valence-corrected chi connectivity index (χ3v) is 5.66. The second kappa shape index (κ2) is 8.79. The quantitative estimate of drug-likeness (QED) is 0.690. The molecule has 2 heterocycles. The van der Waals surface area contributed by atoms with Gasteiger partial charge in [-0.25, -0.2) is 4.39 Å². The van der Waals surface area contributed by atoms with E-state index in [9.17, 15) is 14.0 Å². The topological polar surface area (TPSA) is 43.9 Å². The number of piperazine rings is 1. The molecule has 1 fully saturated rings. The fraction of sp³-hybridized carbons (Fsp3) is 0.333. The van der Waals surface area contributed by atoms with Gasteiger partial charge in [0.1, 0.15) is 11.5 Å². The van der Waals surface area contributed by atoms with Crippen LogP contribution >= 0.6 is 0 Å². The number of benzene rings is 2. The third kappa shape index (κ3) is 4.00. The Morgan fingerprint density at radius 2 is 1.53 bits per heavy atom. The van der Waals surface area contributed by atoms with Crippen molar-refractivity contribution in [2.45, 2.75) is 19.9 Å². The van der Waals surface area contributed by atoms with E-state index in [0.29, 0.717) is 42.9 Å². The average molecular weight is 407 g/mol. The van der Waals surface area contributed by atoms with Crippen molar-refractivity contribution in [2.24, 2.45) is 0 Å². The standard InChI is InChI=1S/C24H26FN3O2/c1-2-12-28-23(29)21(19-8-10-20(25)11-9-19)22(24(28)30)27-15-13-26(14-16-27)17-18-6-4-3-5-7-18/h3-11H,2,12-17H2,1H3. The van der Waals surface area contributed by atoms with Crippen LogP contribution in [0.3, 0.4) is 0 Å². The van der Waals surface area contributed by atoms with Crippen molar-refractivity contribution in [1.82, 2.24) is 14.7 Å². The van der Waals surface area contributed by atoms with Crippen molar-refractivity contribution in [2.75, 3.05) is 32.7 Å². The zero-order chi connectivity index (χ0) is 21.1. The van der Waals surface area contributed by atoms with Crippen molar-refractivity contribution < 1.29 is 14.0 Å². The van der Waals surface area contributed by atoms with E-state index < -0.39 is 0 Å². The first kappa shape index (κ1) is 20.3. The number of amides is 2. The predicted molar refractivity (Wildman–Crippen MR) is 114 cm³/mol. The Balaban J connectivity index is 1.57. The Labute approximate surface area is 176 Å². The van der Waals surface area contributed by atoms with Crippen LogP contribution in [0, 0.1) is 5.82 Å². The fourth-order valence-electron chi connectivity index (χ4n) is 4.13. The van der Waals surface area contributed by atoms with Crippen LogP contribution in [-0.2, 0) is 16.1 Å². The number of hydrogen-bond acceptors (Lipinski definition) is 4. The van der Waals surface area contributed by atoms with Gasteiger partial charge in [-0.2, -0.15) is 0 Å². The molecule has 0 aromatic heterocycles. The molecular formula is C24H26FN3O2. The minimum atomic E-state index is -0.363. The van der Waals surface area contributed by atoms with E-state index in [1.165, 1.54) is 22.6 Å². The molecule has 0 N–H and O–H groups in total. The summed E-state index contributed by atoms with van der Waals surface area (Å²) in [6.45, 7) is 6.16. The van der Waals surface area contributed by atoms with Crippen LogP contribution in [-0.4, -0.2) is 59.2 Å². The molecule has 1 saturated heterocycles. The number of imide groups is 1. The van der Waals surface area contributed by atoms with Crippen molar-refractivity contribution in [3.05, 3.63) is 77.2 Å². The number of rotatable bonds is 6. The number of carbonyl (C=O) groups is 2. The summed E-state index contributed by atoms with van der Waals surface area (Å²) in [4.78, 5) is 31.9. The summed E-state index contributed by atoms with van der Waals surface area (Å²) in [6.07, 6.45) is 0.701. The monoisotopic (exact) mass is 407 g/mol.